The predicted octanol–water partition coefficient (Wildman–Crippen LogP) is 4.88. The van der Waals surface area contributed by atoms with Crippen LogP contribution >= 0.6 is 15.9 Å². The molecule has 0 radical (unpaired) electrons. The molecule has 0 fully saturated rings. The Hall–Kier alpha value is -3.58. The molecule has 31 heavy (non-hydrogen) atoms. The molecule has 0 aromatic heterocycles. The van der Waals surface area contributed by atoms with Crippen molar-refractivity contribution in [2.75, 3.05) is 19.5 Å². The van der Waals surface area contributed by atoms with Gasteiger partial charge in [-0.3, -0.25) is 9.59 Å². The summed E-state index contributed by atoms with van der Waals surface area (Å²) >= 11 is 3.35. The zero-order valence-corrected chi connectivity index (χ0v) is 18.6. The van der Waals surface area contributed by atoms with E-state index in [0.717, 1.165) is 10.0 Å². The minimum atomic E-state index is -0.452. The van der Waals surface area contributed by atoms with Crippen LogP contribution in [0.1, 0.15) is 15.9 Å². The SMILES string of the molecule is COc1ccc(C=C(NC(=O)c2ccc(Br)cc2)C(=O)Nc2ccc(OC)cc2)cc1. The van der Waals surface area contributed by atoms with Crippen molar-refractivity contribution in [3.05, 3.63) is 94.1 Å². The Morgan fingerprint density at radius 3 is 1.90 bits per heavy atom. The minimum Gasteiger partial charge on any atom is -0.497 e. The molecule has 0 bridgehead atoms. The molecule has 6 nitrogen and oxygen atoms in total. The van der Waals surface area contributed by atoms with Crippen LogP contribution in [0.4, 0.5) is 5.69 Å². The second-order valence-electron chi connectivity index (χ2n) is 6.47. The van der Waals surface area contributed by atoms with Gasteiger partial charge in [0.15, 0.2) is 0 Å². The van der Waals surface area contributed by atoms with Gasteiger partial charge in [0.25, 0.3) is 11.8 Å². The number of methoxy groups -OCH3 is 2. The predicted molar refractivity (Wildman–Crippen MR) is 124 cm³/mol. The number of ether oxygens (including phenoxy) is 2. The van der Waals surface area contributed by atoms with Crippen LogP contribution < -0.4 is 20.1 Å². The lowest BCUT2D eigenvalue weighted by molar-refractivity contribution is -0.113. The van der Waals surface area contributed by atoms with Crippen LogP contribution in [0.3, 0.4) is 0 Å². The van der Waals surface area contributed by atoms with E-state index in [2.05, 4.69) is 26.6 Å². The Labute approximate surface area is 189 Å². The maximum absolute atomic E-state index is 13.0. The Morgan fingerprint density at radius 2 is 1.35 bits per heavy atom. The van der Waals surface area contributed by atoms with E-state index >= 15 is 0 Å². The van der Waals surface area contributed by atoms with Crippen molar-refractivity contribution in [1.29, 1.82) is 0 Å². The summed E-state index contributed by atoms with van der Waals surface area (Å²) < 4.78 is 11.2. The Balaban J connectivity index is 1.86. The highest BCUT2D eigenvalue weighted by atomic mass is 79.9. The summed E-state index contributed by atoms with van der Waals surface area (Å²) in [6.07, 6.45) is 1.61. The third kappa shape index (κ3) is 6.20. The van der Waals surface area contributed by atoms with Crippen LogP contribution in [0.15, 0.2) is 83.0 Å². The molecule has 0 unspecified atom stereocenters. The van der Waals surface area contributed by atoms with E-state index in [1.54, 1.807) is 93.1 Å². The molecule has 0 saturated carbocycles. The number of carbonyl (C=O) groups is 2. The van der Waals surface area contributed by atoms with E-state index < -0.39 is 11.8 Å². The molecule has 0 spiro atoms. The fourth-order valence-electron chi connectivity index (χ4n) is 2.69. The molecule has 0 aliphatic carbocycles. The quantitative estimate of drug-likeness (QED) is 0.472. The number of nitrogens with one attached hydrogen (secondary N) is 2. The minimum absolute atomic E-state index is 0.105. The average molecular weight is 481 g/mol. The van der Waals surface area contributed by atoms with Gasteiger partial charge >= 0.3 is 0 Å². The number of hydrogen-bond donors (Lipinski definition) is 2. The highest BCUT2D eigenvalue weighted by Gasteiger charge is 2.15. The maximum atomic E-state index is 13.0. The van der Waals surface area contributed by atoms with Crippen LogP contribution in [-0.4, -0.2) is 26.0 Å². The zero-order chi connectivity index (χ0) is 22.2. The van der Waals surface area contributed by atoms with Gasteiger partial charge in [-0.25, -0.2) is 0 Å². The average Bonchev–Trinajstić information content (AvgIpc) is 2.80. The molecule has 0 aliphatic heterocycles. The van der Waals surface area contributed by atoms with Crippen molar-refractivity contribution in [3.63, 3.8) is 0 Å². The zero-order valence-electron chi connectivity index (χ0n) is 17.0. The molecule has 2 N–H and O–H groups in total. The lowest BCUT2D eigenvalue weighted by Gasteiger charge is -2.12. The fourth-order valence-corrected chi connectivity index (χ4v) is 2.96. The van der Waals surface area contributed by atoms with Crippen molar-refractivity contribution in [2.24, 2.45) is 0 Å². The molecule has 0 atom stereocenters. The molecule has 2 amide bonds. The van der Waals surface area contributed by atoms with Crippen molar-refractivity contribution in [2.45, 2.75) is 0 Å². The van der Waals surface area contributed by atoms with Crippen LogP contribution in [0, 0.1) is 0 Å². The molecule has 0 aliphatic rings. The van der Waals surface area contributed by atoms with Crippen LogP contribution in [-0.2, 0) is 4.79 Å². The van der Waals surface area contributed by atoms with Gasteiger partial charge in [0.2, 0.25) is 0 Å². The van der Waals surface area contributed by atoms with E-state index in [4.69, 9.17) is 9.47 Å². The first-order valence-electron chi connectivity index (χ1n) is 9.36. The lowest BCUT2D eigenvalue weighted by atomic mass is 10.1. The van der Waals surface area contributed by atoms with E-state index in [1.807, 2.05) is 0 Å². The first kappa shape index (κ1) is 22.1. The van der Waals surface area contributed by atoms with Crippen molar-refractivity contribution < 1.29 is 19.1 Å². The molecule has 0 heterocycles. The highest BCUT2D eigenvalue weighted by Crippen LogP contribution is 2.18. The summed E-state index contributed by atoms with van der Waals surface area (Å²) in [4.78, 5) is 25.7. The molecular weight excluding hydrogens is 460 g/mol. The molecular formula is C24H21BrN2O4. The summed E-state index contributed by atoms with van der Waals surface area (Å²) in [7, 11) is 3.15. The largest absolute Gasteiger partial charge is 0.497 e. The Morgan fingerprint density at radius 1 is 0.806 bits per heavy atom. The first-order valence-corrected chi connectivity index (χ1v) is 10.2. The number of hydrogen-bond acceptors (Lipinski definition) is 4. The molecule has 0 saturated heterocycles. The van der Waals surface area contributed by atoms with Gasteiger partial charge in [0.1, 0.15) is 17.2 Å². The van der Waals surface area contributed by atoms with E-state index in [9.17, 15) is 9.59 Å². The molecule has 3 aromatic carbocycles. The first-order chi connectivity index (χ1) is 15.0. The van der Waals surface area contributed by atoms with Gasteiger partial charge in [0, 0.05) is 15.7 Å². The van der Waals surface area contributed by atoms with Crippen molar-refractivity contribution in [1.82, 2.24) is 5.32 Å². The van der Waals surface area contributed by atoms with Gasteiger partial charge in [-0.05, 0) is 72.3 Å². The van der Waals surface area contributed by atoms with Crippen LogP contribution in [0.5, 0.6) is 11.5 Å². The van der Waals surface area contributed by atoms with Crippen molar-refractivity contribution >= 4 is 39.5 Å². The van der Waals surface area contributed by atoms with Crippen LogP contribution in [0.2, 0.25) is 0 Å². The summed E-state index contributed by atoms with van der Waals surface area (Å²) in [5.74, 6) is 0.527. The molecule has 7 heteroatoms. The monoisotopic (exact) mass is 480 g/mol. The number of anilines is 1. The molecule has 3 rings (SSSR count). The lowest BCUT2D eigenvalue weighted by Crippen LogP contribution is -2.30. The van der Waals surface area contributed by atoms with E-state index in [1.165, 1.54) is 0 Å². The number of amides is 2. The smallest absolute Gasteiger partial charge is 0.272 e. The highest BCUT2D eigenvalue weighted by molar-refractivity contribution is 9.10. The Kier molecular flexibility index (Phi) is 7.45. The third-order valence-electron chi connectivity index (χ3n) is 4.37. The van der Waals surface area contributed by atoms with Gasteiger partial charge in [-0.2, -0.15) is 0 Å². The third-order valence-corrected chi connectivity index (χ3v) is 4.90. The second-order valence-corrected chi connectivity index (χ2v) is 7.39. The molecule has 158 valence electrons. The fraction of sp³-hybridized carbons (Fsp3) is 0.0833. The topological polar surface area (TPSA) is 76.7 Å². The molecule has 3 aromatic rings. The summed E-state index contributed by atoms with van der Waals surface area (Å²) in [5.41, 5.74) is 1.84. The van der Waals surface area contributed by atoms with E-state index in [-0.39, 0.29) is 5.70 Å². The van der Waals surface area contributed by atoms with Gasteiger partial charge in [-0.15, -0.1) is 0 Å². The number of halogens is 1. The summed E-state index contributed by atoms with van der Waals surface area (Å²) in [6, 6.07) is 20.9. The normalized spacial score (nSPS) is 10.9. The maximum Gasteiger partial charge on any atom is 0.272 e. The second kappa shape index (κ2) is 10.4. The van der Waals surface area contributed by atoms with Gasteiger partial charge < -0.3 is 20.1 Å². The van der Waals surface area contributed by atoms with E-state index in [0.29, 0.717) is 22.7 Å². The van der Waals surface area contributed by atoms with Crippen LogP contribution in [0.25, 0.3) is 6.08 Å². The Bertz CT molecular complexity index is 1080. The van der Waals surface area contributed by atoms with Crippen molar-refractivity contribution in [3.8, 4) is 11.5 Å². The standard InChI is InChI=1S/C24H21BrN2O4/c1-30-20-11-3-16(4-12-20)15-22(27-23(28)17-5-7-18(25)8-6-17)24(29)26-19-9-13-21(31-2)14-10-19/h3-15H,1-2H3,(H,26,29)(H,27,28). The van der Waals surface area contributed by atoms with Gasteiger partial charge in [0.05, 0.1) is 14.2 Å². The number of carbonyl (C=O) groups excluding carboxylic acids is 2. The number of rotatable bonds is 7. The number of benzene rings is 3. The summed E-state index contributed by atoms with van der Waals surface area (Å²) in [5, 5.41) is 5.50. The van der Waals surface area contributed by atoms with Gasteiger partial charge in [-0.1, -0.05) is 28.1 Å². The summed E-state index contributed by atoms with van der Waals surface area (Å²) in [6.45, 7) is 0.